The highest BCUT2D eigenvalue weighted by molar-refractivity contribution is 6.15. The van der Waals surface area contributed by atoms with Crippen LogP contribution in [-0.4, -0.2) is 18.9 Å². The maximum absolute atomic E-state index is 12.9. The lowest BCUT2D eigenvalue weighted by molar-refractivity contribution is -0.901. The molecule has 1 N–H and O–H groups in total. The molecule has 0 radical (unpaired) electrons. The zero-order valence-corrected chi connectivity index (χ0v) is 16.7. The predicted octanol–water partition coefficient (Wildman–Crippen LogP) is 3.22. The topological polar surface area (TPSA) is 53.8 Å². The monoisotopic (exact) mass is 397 g/mol. The van der Waals surface area contributed by atoms with E-state index in [4.69, 9.17) is 4.74 Å². The van der Waals surface area contributed by atoms with Crippen molar-refractivity contribution in [2.24, 2.45) is 0 Å². The Morgan fingerprint density at radius 1 is 0.900 bits per heavy atom. The molecule has 0 aromatic heterocycles. The van der Waals surface area contributed by atoms with Crippen molar-refractivity contribution in [1.29, 1.82) is 0 Å². The molecule has 5 rings (SSSR count). The van der Waals surface area contributed by atoms with Gasteiger partial charge in [-0.15, -0.1) is 0 Å². The summed E-state index contributed by atoms with van der Waals surface area (Å²) in [4.78, 5) is 14.3. The molecule has 1 fully saturated rings. The summed E-state index contributed by atoms with van der Waals surface area (Å²) in [5.41, 5.74) is 4.27. The number of nitrogens with one attached hydrogen (secondary N) is 1. The van der Waals surface area contributed by atoms with Gasteiger partial charge >= 0.3 is 0 Å². The molecular weight excluding hydrogens is 374 g/mol. The average molecular weight is 397 g/mol. The van der Waals surface area contributed by atoms with Crippen molar-refractivity contribution in [3.8, 4) is 22.6 Å². The highest BCUT2D eigenvalue weighted by Gasteiger charge is 2.31. The molecule has 0 spiro atoms. The molecule has 3 aromatic rings. The predicted molar refractivity (Wildman–Crippen MR) is 114 cm³/mol. The number of ketones is 1. The van der Waals surface area contributed by atoms with Gasteiger partial charge in [0.25, 0.3) is 0 Å². The molecule has 3 aromatic carbocycles. The minimum atomic E-state index is -0.158. The van der Waals surface area contributed by atoms with E-state index >= 15 is 0 Å². The van der Waals surface area contributed by atoms with Crippen molar-refractivity contribution in [2.75, 3.05) is 13.1 Å². The molecule has 0 bridgehead atoms. The Morgan fingerprint density at radius 2 is 1.60 bits per heavy atom. The van der Waals surface area contributed by atoms with Crippen molar-refractivity contribution in [3.63, 3.8) is 0 Å². The van der Waals surface area contributed by atoms with Crippen molar-refractivity contribution >= 4 is 11.9 Å². The van der Waals surface area contributed by atoms with E-state index in [0.29, 0.717) is 23.4 Å². The van der Waals surface area contributed by atoms with Gasteiger partial charge in [0.1, 0.15) is 12.3 Å². The standard InChI is InChI=1S/C26H23NO3/c28-23-13-12-21-25(29)24(30-26(21)22(23)17-27-14-4-5-15-27)16-18-8-10-20(11-9-18)19-6-2-1-3-7-19/h1-3,6-13,16,28H,4-5,14-15,17H2/b24-16-. The largest absolute Gasteiger partial charge is 0.872 e. The molecule has 1 saturated heterocycles. The third-order valence-corrected chi connectivity index (χ3v) is 5.95. The smallest absolute Gasteiger partial charge is 0.231 e. The fourth-order valence-electron chi connectivity index (χ4n) is 4.31. The van der Waals surface area contributed by atoms with Gasteiger partial charge in [-0.2, -0.15) is 0 Å². The van der Waals surface area contributed by atoms with Crippen LogP contribution in [0.2, 0.25) is 0 Å². The minimum absolute atomic E-state index is 0.0468. The zero-order valence-electron chi connectivity index (χ0n) is 16.7. The van der Waals surface area contributed by atoms with Crippen molar-refractivity contribution in [3.05, 3.63) is 89.2 Å². The normalized spacial score (nSPS) is 17.3. The molecule has 0 saturated carbocycles. The fraction of sp³-hybridized carbons (Fsp3) is 0.192. The molecule has 2 aliphatic rings. The summed E-state index contributed by atoms with van der Waals surface area (Å²) in [7, 11) is 0. The maximum atomic E-state index is 12.9. The number of hydrogen-bond acceptors (Lipinski definition) is 3. The van der Waals surface area contributed by atoms with Crippen LogP contribution in [0, 0.1) is 0 Å². The number of fused-ring (bicyclic) bond motifs is 1. The third kappa shape index (κ3) is 3.51. The van der Waals surface area contributed by atoms with Crippen LogP contribution < -0.4 is 14.7 Å². The highest BCUT2D eigenvalue weighted by Crippen LogP contribution is 2.38. The number of Topliss-reactive ketones (excluding diaryl/α,β-unsaturated/α-hetero) is 1. The van der Waals surface area contributed by atoms with Crippen LogP contribution in [0.1, 0.15) is 34.3 Å². The number of rotatable bonds is 4. The molecule has 4 heteroatoms. The number of ether oxygens (including phenoxy) is 1. The molecule has 4 nitrogen and oxygen atoms in total. The lowest BCUT2D eigenvalue weighted by Crippen LogP contribution is -3.08. The van der Waals surface area contributed by atoms with Gasteiger partial charge in [-0.05, 0) is 28.8 Å². The van der Waals surface area contributed by atoms with Gasteiger partial charge in [-0.1, -0.05) is 66.4 Å². The summed E-state index contributed by atoms with van der Waals surface area (Å²) in [6.07, 6.45) is 4.12. The van der Waals surface area contributed by atoms with Gasteiger partial charge in [0, 0.05) is 18.4 Å². The van der Waals surface area contributed by atoms with E-state index in [-0.39, 0.29) is 17.3 Å². The fourth-order valence-corrected chi connectivity index (χ4v) is 4.31. The van der Waals surface area contributed by atoms with Crippen LogP contribution >= 0.6 is 0 Å². The van der Waals surface area contributed by atoms with Gasteiger partial charge in [0.2, 0.25) is 5.78 Å². The van der Waals surface area contributed by atoms with E-state index in [1.807, 2.05) is 42.5 Å². The van der Waals surface area contributed by atoms with E-state index in [1.54, 1.807) is 12.1 Å². The Balaban J connectivity index is 1.41. The summed E-state index contributed by atoms with van der Waals surface area (Å²) < 4.78 is 5.96. The molecule has 0 unspecified atom stereocenters. The number of carbonyl (C=O) groups excluding carboxylic acids is 1. The lowest BCUT2D eigenvalue weighted by atomic mass is 10.0. The molecule has 2 aliphatic heterocycles. The van der Waals surface area contributed by atoms with E-state index in [0.717, 1.165) is 29.8 Å². The minimum Gasteiger partial charge on any atom is -0.872 e. The van der Waals surface area contributed by atoms with Crippen molar-refractivity contribution < 1.29 is 19.5 Å². The van der Waals surface area contributed by atoms with Crippen LogP contribution in [-0.2, 0) is 6.54 Å². The van der Waals surface area contributed by atoms with E-state index in [9.17, 15) is 9.90 Å². The van der Waals surface area contributed by atoms with E-state index < -0.39 is 0 Å². The number of quaternary nitrogens is 1. The molecule has 30 heavy (non-hydrogen) atoms. The molecule has 2 heterocycles. The number of benzene rings is 3. The van der Waals surface area contributed by atoms with Gasteiger partial charge < -0.3 is 14.7 Å². The zero-order chi connectivity index (χ0) is 20.5. The quantitative estimate of drug-likeness (QED) is 0.688. The van der Waals surface area contributed by atoms with E-state index in [1.165, 1.54) is 23.8 Å². The number of carbonyl (C=O) groups is 1. The summed E-state index contributed by atoms with van der Waals surface area (Å²) in [5, 5.41) is 12.5. The van der Waals surface area contributed by atoms with Gasteiger partial charge in [0.05, 0.1) is 18.7 Å². The Morgan fingerprint density at radius 3 is 2.33 bits per heavy atom. The Labute approximate surface area is 176 Å². The van der Waals surface area contributed by atoms with Gasteiger partial charge in [-0.25, -0.2) is 0 Å². The first-order chi connectivity index (χ1) is 14.7. The number of likely N-dealkylation sites (tertiary alicyclic amines) is 1. The average Bonchev–Trinajstić information content (AvgIpc) is 3.40. The molecule has 0 amide bonds. The second kappa shape index (κ2) is 7.81. The molecular formula is C26H23NO3. The second-order valence-electron chi connectivity index (χ2n) is 7.98. The summed E-state index contributed by atoms with van der Waals surface area (Å²) >= 11 is 0. The molecule has 0 aliphatic carbocycles. The Bertz CT molecular complexity index is 1110. The molecule has 0 atom stereocenters. The van der Waals surface area contributed by atoms with E-state index in [2.05, 4.69) is 12.1 Å². The van der Waals surface area contributed by atoms with Crippen LogP contribution in [0.25, 0.3) is 17.2 Å². The lowest BCUT2D eigenvalue weighted by Gasteiger charge is -2.19. The second-order valence-corrected chi connectivity index (χ2v) is 7.98. The number of hydrogen-bond donors (Lipinski definition) is 1. The van der Waals surface area contributed by atoms with Crippen LogP contribution in [0.5, 0.6) is 11.5 Å². The molecule has 150 valence electrons. The number of allylic oxidation sites excluding steroid dienone is 1. The highest BCUT2D eigenvalue weighted by atomic mass is 16.5. The van der Waals surface area contributed by atoms with Crippen molar-refractivity contribution in [2.45, 2.75) is 19.4 Å². The maximum Gasteiger partial charge on any atom is 0.231 e. The first-order valence-corrected chi connectivity index (χ1v) is 10.5. The summed E-state index contributed by atoms with van der Waals surface area (Å²) in [5.74, 6) is 0.531. The van der Waals surface area contributed by atoms with Crippen molar-refractivity contribution in [1.82, 2.24) is 0 Å². The van der Waals surface area contributed by atoms with Crippen LogP contribution in [0.15, 0.2) is 72.5 Å². The third-order valence-electron chi connectivity index (χ3n) is 5.95. The van der Waals surface area contributed by atoms with Crippen LogP contribution in [0.4, 0.5) is 0 Å². The summed E-state index contributed by atoms with van der Waals surface area (Å²) in [6.45, 7) is 2.75. The Hall–Kier alpha value is -3.37. The van der Waals surface area contributed by atoms with Crippen LogP contribution in [0.3, 0.4) is 0 Å². The SMILES string of the molecule is O=C1/C(=C/c2ccc(-c3ccccc3)cc2)Oc2c1ccc([O-])c2C[NH+]1CCCC1. The van der Waals surface area contributed by atoms with Gasteiger partial charge in [-0.3, -0.25) is 4.79 Å². The first kappa shape index (κ1) is 18.6. The first-order valence-electron chi connectivity index (χ1n) is 10.5. The van der Waals surface area contributed by atoms with Gasteiger partial charge in [0.15, 0.2) is 5.76 Å². The Kier molecular flexibility index (Phi) is 4.85. The summed E-state index contributed by atoms with van der Waals surface area (Å²) in [6, 6.07) is 21.3.